The van der Waals surface area contributed by atoms with Crippen LogP contribution >= 0.6 is 0 Å². The molecule has 0 saturated carbocycles. The number of aliphatic hydroxyl groups is 1. The lowest BCUT2D eigenvalue weighted by molar-refractivity contribution is -0.230. The minimum atomic E-state index is -1.19. The first-order valence-electron chi connectivity index (χ1n) is 14.1. The molecule has 4 aromatic carbocycles. The molecule has 2 aliphatic rings. The molecule has 2 saturated heterocycles. The number of hydrogen-bond acceptors (Lipinski definition) is 7. The van der Waals surface area contributed by atoms with Crippen LogP contribution in [0, 0.1) is 0 Å². The van der Waals surface area contributed by atoms with Gasteiger partial charge in [-0.05, 0) is 42.7 Å². The monoisotopic (exact) mass is 566 g/mol. The van der Waals surface area contributed by atoms with Gasteiger partial charge in [0.1, 0.15) is 17.8 Å². The van der Waals surface area contributed by atoms with Gasteiger partial charge in [0.15, 0.2) is 24.3 Å². The molecule has 0 aliphatic carbocycles. The first-order valence-corrected chi connectivity index (χ1v) is 14.1. The van der Waals surface area contributed by atoms with Crippen LogP contribution in [0.2, 0.25) is 0 Å². The van der Waals surface area contributed by atoms with Crippen LogP contribution in [0.25, 0.3) is 0 Å². The smallest absolute Gasteiger partial charge is 0.338 e. The van der Waals surface area contributed by atoms with Gasteiger partial charge in [0.25, 0.3) is 0 Å². The molecule has 0 bridgehead atoms. The van der Waals surface area contributed by atoms with Crippen LogP contribution in [0.3, 0.4) is 0 Å². The molecule has 0 radical (unpaired) electrons. The zero-order chi connectivity index (χ0) is 29.2. The number of aliphatic hydroxyl groups excluding tert-OH is 1. The summed E-state index contributed by atoms with van der Waals surface area (Å²) in [5.74, 6) is -1.47. The third-order valence-electron chi connectivity index (χ3n) is 7.67. The lowest BCUT2D eigenvalue weighted by Gasteiger charge is -2.37. The van der Waals surface area contributed by atoms with Gasteiger partial charge >= 0.3 is 5.97 Å². The van der Waals surface area contributed by atoms with Crippen molar-refractivity contribution in [2.75, 3.05) is 6.61 Å². The van der Waals surface area contributed by atoms with E-state index in [1.165, 1.54) is 0 Å². The van der Waals surface area contributed by atoms with Crippen molar-refractivity contribution < 1.29 is 33.6 Å². The van der Waals surface area contributed by atoms with E-state index in [1.54, 1.807) is 38.1 Å². The van der Waals surface area contributed by atoms with Gasteiger partial charge < -0.3 is 28.8 Å². The zero-order valence-electron chi connectivity index (χ0n) is 23.5. The van der Waals surface area contributed by atoms with Crippen LogP contribution in [-0.4, -0.2) is 54.2 Å². The Morgan fingerprint density at radius 3 is 1.76 bits per heavy atom. The second-order valence-electron chi connectivity index (χ2n) is 11.0. The van der Waals surface area contributed by atoms with Crippen molar-refractivity contribution >= 4 is 5.97 Å². The van der Waals surface area contributed by atoms with Gasteiger partial charge in [0.2, 0.25) is 0 Å². The first kappa shape index (κ1) is 28.3. The number of hydrogen-bond donors (Lipinski definition) is 1. The van der Waals surface area contributed by atoms with Crippen LogP contribution in [0.15, 0.2) is 121 Å². The Hall–Kier alpha value is -3.85. The highest BCUT2D eigenvalue weighted by molar-refractivity contribution is 5.89. The molecule has 1 N–H and O–H groups in total. The zero-order valence-corrected chi connectivity index (χ0v) is 23.5. The summed E-state index contributed by atoms with van der Waals surface area (Å²) in [5.41, 5.74) is 2.06. The normalized spacial score (nSPS) is 23.7. The molecule has 5 atom stereocenters. The Morgan fingerprint density at radius 1 is 0.786 bits per heavy atom. The van der Waals surface area contributed by atoms with Gasteiger partial charge in [-0.1, -0.05) is 109 Å². The number of carbonyl (C=O) groups excluding carboxylic acids is 1. The lowest BCUT2D eigenvalue weighted by Crippen LogP contribution is -2.46. The summed E-state index contributed by atoms with van der Waals surface area (Å²) in [4.78, 5) is 13.1. The number of ether oxygens (including phenoxy) is 5. The molecule has 6 rings (SSSR count). The van der Waals surface area contributed by atoms with E-state index in [0.29, 0.717) is 5.56 Å². The number of rotatable bonds is 9. The van der Waals surface area contributed by atoms with E-state index in [2.05, 4.69) is 0 Å². The highest BCUT2D eigenvalue weighted by atomic mass is 16.8. The van der Waals surface area contributed by atoms with Crippen molar-refractivity contribution in [3.8, 4) is 0 Å². The van der Waals surface area contributed by atoms with Crippen molar-refractivity contribution in [2.24, 2.45) is 0 Å². The predicted octanol–water partition coefficient (Wildman–Crippen LogP) is 5.46. The highest BCUT2D eigenvalue weighted by Crippen LogP contribution is 2.43. The lowest BCUT2D eigenvalue weighted by atomic mass is 9.80. The van der Waals surface area contributed by atoms with Crippen molar-refractivity contribution in [1.82, 2.24) is 0 Å². The third kappa shape index (κ3) is 5.50. The molecule has 7 nitrogen and oxygen atoms in total. The Labute approximate surface area is 245 Å². The molecule has 2 aliphatic heterocycles. The number of fused-ring (bicyclic) bond motifs is 1. The molecule has 42 heavy (non-hydrogen) atoms. The van der Waals surface area contributed by atoms with Crippen molar-refractivity contribution in [1.29, 1.82) is 0 Å². The van der Waals surface area contributed by atoms with E-state index < -0.39 is 48.1 Å². The number of esters is 1. The van der Waals surface area contributed by atoms with Crippen molar-refractivity contribution in [2.45, 2.75) is 55.9 Å². The van der Waals surface area contributed by atoms with Gasteiger partial charge in [-0.25, -0.2) is 4.79 Å². The molecule has 0 unspecified atom stereocenters. The minimum Gasteiger partial charge on any atom is -0.453 e. The van der Waals surface area contributed by atoms with Crippen molar-refractivity contribution in [3.05, 3.63) is 144 Å². The molecule has 4 aromatic rings. The summed E-state index contributed by atoms with van der Waals surface area (Å²) >= 11 is 0. The molecule has 2 fully saturated rings. The van der Waals surface area contributed by atoms with E-state index in [1.807, 2.05) is 97.1 Å². The summed E-state index contributed by atoms with van der Waals surface area (Å²) in [6.07, 6.45) is -4.59. The fourth-order valence-electron chi connectivity index (χ4n) is 5.79. The maximum absolute atomic E-state index is 13.1. The average molecular weight is 567 g/mol. The van der Waals surface area contributed by atoms with Gasteiger partial charge in [-0.3, -0.25) is 0 Å². The Balaban J connectivity index is 1.32. The molecular weight excluding hydrogens is 532 g/mol. The van der Waals surface area contributed by atoms with Crippen LogP contribution in [-0.2, 0) is 29.3 Å². The molecule has 7 heteroatoms. The maximum atomic E-state index is 13.1. The van der Waals surface area contributed by atoms with E-state index >= 15 is 0 Å². The van der Waals surface area contributed by atoms with Gasteiger partial charge in [-0.15, -0.1) is 0 Å². The number of carbonyl (C=O) groups is 1. The van der Waals surface area contributed by atoms with Gasteiger partial charge in [0.05, 0.1) is 12.2 Å². The van der Waals surface area contributed by atoms with E-state index in [4.69, 9.17) is 23.7 Å². The van der Waals surface area contributed by atoms with E-state index in [0.717, 1.165) is 16.7 Å². The highest BCUT2D eigenvalue weighted by Gasteiger charge is 2.58. The van der Waals surface area contributed by atoms with E-state index in [-0.39, 0.29) is 6.61 Å². The van der Waals surface area contributed by atoms with Crippen molar-refractivity contribution in [3.63, 3.8) is 0 Å². The number of benzene rings is 4. The molecule has 216 valence electrons. The topological polar surface area (TPSA) is 83.5 Å². The molecular formula is C35H34O7. The van der Waals surface area contributed by atoms with Crippen LogP contribution < -0.4 is 0 Å². The summed E-state index contributed by atoms with van der Waals surface area (Å²) in [7, 11) is 0. The van der Waals surface area contributed by atoms with Gasteiger partial charge in [-0.2, -0.15) is 0 Å². The summed E-state index contributed by atoms with van der Waals surface area (Å²) in [6, 6.07) is 38.4. The summed E-state index contributed by atoms with van der Waals surface area (Å²) < 4.78 is 30.9. The van der Waals surface area contributed by atoms with E-state index in [9.17, 15) is 9.90 Å². The molecule has 2 heterocycles. The van der Waals surface area contributed by atoms with Crippen LogP contribution in [0.4, 0.5) is 0 Å². The molecule has 0 spiro atoms. The second kappa shape index (κ2) is 11.8. The van der Waals surface area contributed by atoms with Crippen LogP contribution in [0.5, 0.6) is 0 Å². The largest absolute Gasteiger partial charge is 0.453 e. The third-order valence-corrected chi connectivity index (χ3v) is 7.67. The van der Waals surface area contributed by atoms with Gasteiger partial charge in [0, 0.05) is 0 Å². The predicted molar refractivity (Wildman–Crippen MR) is 156 cm³/mol. The SMILES string of the molecule is CC1(C)O[C@H]2O[C@H]([C@@H](O)COC(c3ccccc3)(c3ccccc3)c3ccccc3)[C@H](OC(=O)c3ccccc3)[C@H]2O1. The standard InChI is InChI=1S/C35H34O7/c1-34(2)41-31-30(39-32(37)24-15-7-3-8-16-24)29(40-33(31)42-34)28(36)23-38-35(25-17-9-4-10-18-25,26-19-11-5-12-20-26)27-21-13-6-14-22-27/h3-22,28-31,33,36H,23H2,1-2H3/t28-,29+,30-,31+,33+/m0/s1. The first-order chi connectivity index (χ1) is 20.4. The summed E-state index contributed by atoms with van der Waals surface area (Å²) in [6.45, 7) is 3.41. The fraction of sp³-hybridized carbons (Fsp3) is 0.286. The fourth-order valence-corrected chi connectivity index (χ4v) is 5.79. The second-order valence-corrected chi connectivity index (χ2v) is 11.0. The Bertz CT molecular complexity index is 1360. The maximum Gasteiger partial charge on any atom is 0.338 e. The van der Waals surface area contributed by atoms with Crippen LogP contribution in [0.1, 0.15) is 40.9 Å². The average Bonchev–Trinajstić information content (AvgIpc) is 3.51. The summed E-state index contributed by atoms with van der Waals surface area (Å²) in [5, 5.41) is 11.6. The Kier molecular flexibility index (Phi) is 7.94. The molecule has 0 amide bonds. The minimum absolute atomic E-state index is 0.133. The molecule has 0 aromatic heterocycles. The Morgan fingerprint density at radius 2 is 1.26 bits per heavy atom. The quantitative estimate of drug-likeness (QED) is 0.213.